The average molecular weight is 368 g/mol. The van der Waals surface area contributed by atoms with E-state index >= 15 is 0 Å². The molecule has 0 unspecified atom stereocenters. The van der Waals surface area contributed by atoms with Crippen molar-refractivity contribution >= 4 is 0 Å². The summed E-state index contributed by atoms with van der Waals surface area (Å²) in [6.45, 7) is 0. The van der Waals surface area contributed by atoms with Crippen LogP contribution < -0.4 is 0 Å². The Kier molecular flexibility index (Phi) is 394. The third-order valence-electron chi connectivity index (χ3n) is 0. The predicted molar refractivity (Wildman–Crippen MR) is 36.6 cm³/mol. The summed E-state index contributed by atoms with van der Waals surface area (Å²) in [7, 11) is 0. The van der Waals surface area contributed by atoms with Crippen molar-refractivity contribution in [2.75, 3.05) is 0 Å². The van der Waals surface area contributed by atoms with Crippen LogP contribution in [0.4, 0.5) is 0 Å². The van der Waals surface area contributed by atoms with Gasteiger partial charge in [-0.15, -0.1) is 21.4 Å². The van der Waals surface area contributed by atoms with Gasteiger partial charge in [-0.25, -0.2) is 0 Å². The topological polar surface area (TPSA) is 210 Å². The van der Waals surface area contributed by atoms with Crippen LogP contribution in [0.3, 0.4) is 0 Å². The molecule has 0 rings (SSSR count). The van der Waals surface area contributed by atoms with Crippen LogP contribution in [0.15, 0.2) is 21.4 Å². The zero-order chi connectivity index (χ0) is 10.8. The Hall–Kier alpha value is -1.71. The predicted octanol–water partition coefficient (Wildman–Crippen LogP) is 1.000. The Morgan fingerprint density at radius 3 is 0.538 bits per heavy atom. The van der Waals surface area contributed by atoms with Gasteiger partial charge in [-0.2, -0.15) is 0 Å². The Balaban J connectivity index is -0.0000000213. The van der Waals surface area contributed by atoms with Crippen LogP contribution in [0, 0.1) is 40.5 Å². The Morgan fingerprint density at radius 1 is 0.538 bits per heavy atom. The molecule has 0 saturated carbocycles. The van der Waals surface area contributed by atoms with Crippen LogP contribution >= 0.6 is 0 Å². The molecule has 0 aliphatic rings. The summed E-state index contributed by atoms with van der Waals surface area (Å²) in [5.74, 6) is 0. The number of rotatable bonds is 0. The summed E-state index contributed by atoms with van der Waals surface area (Å²) < 4.78 is 0. The van der Waals surface area contributed by atoms with E-state index in [0.29, 0.717) is 0 Å². The third kappa shape index (κ3) is 241. The van der Waals surface area contributed by atoms with Gasteiger partial charge in [-0.05, 0) is 0 Å². The van der Waals surface area contributed by atoms with Crippen molar-refractivity contribution in [2.24, 2.45) is 21.4 Å². The van der Waals surface area contributed by atoms with Crippen molar-refractivity contribution in [3.8, 4) is 0 Å². The molecule has 12 nitrogen and oxygen atoms in total. The summed E-state index contributed by atoms with van der Waals surface area (Å²) in [5, 5.41) is 36.0. The van der Waals surface area contributed by atoms with Crippen LogP contribution in [0.5, 0.6) is 0 Å². The zero-order valence-electron chi connectivity index (χ0n) is 5.46. The van der Waals surface area contributed by atoms with Crippen LogP contribution in [0.1, 0.15) is 0 Å². The molecule has 0 N–H and O–H groups in total. The van der Waals surface area contributed by atoms with Gasteiger partial charge in [0.1, 0.15) is 0 Å². The van der Waals surface area contributed by atoms with Gasteiger partial charge in [-0.3, -0.25) is 0 Å². The van der Waals surface area contributed by atoms with E-state index in [-0.39, 0.29) is 21.1 Å². The van der Waals surface area contributed by atoms with Gasteiger partial charge < -0.3 is 40.5 Å². The van der Waals surface area contributed by atoms with Crippen LogP contribution in [0.2, 0.25) is 0 Å². The monoisotopic (exact) mass is 368 g/mol. The third-order valence-corrected chi connectivity index (χ3v) is 0. The SMILES string of the molecule is O=N[O-].O=N[O-].O=N[O-].O=N[O-].[W+4]. The van der Waals surface area contributed by atoms with Crippen molar-refractivity contribution < 1.29 is 21.1 Å². The standard InChI is InChI=1S/4HNO2.W/c4*2-1-3;/h4*(H,2,3);/q;;;;+4/p-4. The zero-order valence-corrected chi connectivity index (χ0v) is 8.40. The molecule has 13 heteroatoms. The summed E-state index contributed by atoms with van der Waals surface area (Å²) >= 11 is 0. The van der Waals surface area contributed by atoms with Crippen molar-refractivity contribution in [2.45, 2.75) is 0 Å². The van der Waals surface area contributed by atoms with E-state index < -0.39 is 0 Å². The summed E-state index contributed by atoms with van der Waals surface area (Å²) in [5.41, 5.74) is 0. The van der Waals surface area contributed by atoms with Gasteiger partial charge in [-0.1, -0.05) is 0 Å². The second kappa shape index (κ2) is 170. The smallest absolute Gasteiger partial charge is 0.444 e. The van der Waals surface area contributed by atoms with E-state index in [2.05, 4.69) is 0 Å². The first kappa shape index (κ1) is 30.2. The fourth-order valence-corrected chi connectivity index (χ4v) is 0. The van der Waals surface area contributed by atoms with E-state index in [1.807, 2.05) is 0 Å². The molecule has 0 aromatic carbocycles. The minimum Gasteiger partial charge on any atom is -0.444 e. The summed E-state index contributed by atoms with van der Waals surface area (Å²) in [6.07, 6.45) is 0. The second-order valence-corrected chi connectivity index (χ2v) is 0.298. The molecule has 13 heavy (non-hydrogen) atoms. The van der Waals surface area contributed by atoms with E-state index in [1.54, 1.807) is 0 Å². The van der Waals surface area contributed by atoms with Crippen LogP contribution in [0.25, 0.3) is 0 Å². The van der Waals surface area contributed by atoms with Gasteiger partial charge in [0.2, 0.25) is 0 Å². The van der Waals surface area contributed by atoms with Gasteiger partial charge >= 0.3 is 21.1 Å². The first-order valence-electron chi connectivity index (χ1n) is 1.46. The first-order valence-corrected chi connectivity index (χ1v) is 1.46. The number of hydrogen-bond acceptors (Lipinski definition) is 12. The van der Waals surface area contributed by atoms with Crippen molar-refractivity contribution in [3.63, 3.8) is 0 Å². The Morgan fingerprint density at radius 2 is 0.538 bits per heavy atom. The van der Waals surface area contributed by atoms with Crippen LogP contribution in [-0.4, -0.2) is 0 Å². The molecule has 0 aromatic heterocycles. The molecule has 0 amide bonds. The maximum Gasteiger partial charge on any atom is 4.00 e. The molecule has 0 saturated heterocycles. The van der Waals surface area contributed by atoms with E-state index in [0.717, 1.165) is 21.4 Å². The normalized spacial score (nSPS) is 3.69. The molecule has 0 spiro atoms. The average Bonchev–Trinajstić information content (AvgIpc) is 1.92. The number of hydrogen-bond donors (Lipinski definition) is 0. The molecule has 74 valence electrons. The minimum atomic E-state index is 0. The van der Waals surface area contributed by atoms with Gasteiger partial charge in [0, 0.05) is 0 Å². The quantitative estimate of drug-likeness (QED) is 0.443. The minimum absolute atomic E-state index is 0. The van der Waals surface area contributed by atoms with Crippen molar-refractivity contribution in [1.82, 2.24) is 0 Å². The maximum atomic E-state index is 8.00. The maximum absolute atomic E-state index is 8.00. The molecule has 0 aliphatic carbocycles. The van der Waals surface area contributed by atoms with E-state index in [1.165, 1.54) is 0 Å². The molecule has 0 fully saturated rings. The summed E-state index contributed by atoms with van der Waals surface area (Å²) in [4.78, 5) is 32.0. The summed E-state index contributed by atoms with van der Waals surface area (Å²) in [6, 6.07) is 0. The Labute approximate surface area is 83.6 Å². The molecule has 0 aromatic rings. The van der Waals surface area contributed by atoms with E-state index in [9.17, 15) is 0 Å². The fraction of sp³-hybridized carbons (Fsp3) is 0. The van der Waals surface area contributed by atoms with E-state index in [4.69, 9.17) is 40.5 Å². The first-order chi connectivity index (χ1) is 5.66. The van der Waals surface area contributed by atoms with Gasteiger partial charge in [0.15, 0.2) is 0 Å². The molecule has 0 radical (unpaired) electrons. The van der Waals surface area contributed by atoms with Gasteiger partial charge in [0.25, 0.3) is 0 Å². The molecule has 0 aliphatic heterocycles. The fourth-order valence-electron chi connectivity index (χ4n) is 0. The molecule has 0 heterocycles. The molecular formula is N4O8W. The van der Waals surface area contributed by atoms with Gasteiger partial charge in [0.05, 0.1) is 0 Å². The second-order valence-electron chi connectivity index (χ2n) is 0.298. The molecule has 0 atom stereocenters. The Bertz CT molecular complexity index is 70.1. The van der Waals surface area contributed by atoms with Crippen LogP contribution in [-0.2, 0) is 21.1 Å². The largest absolute Gasteiger partial charge is 4.00 e. The van der Waals surface area contributed by atoms with Crippen molar-refractivity contribution in [1.29, 1.82) is 0 Å². The molecule has 0 bridgehead atoms. The molecular weight excluding hydrogens is 368 g/mol. The van der Waals surface area contributed by atoms with Crippen molar-refractivity contribution in [3.05, 3.63) is 40.5 Å². The number of nitrogens with zero attached hydrogens (tertiary/aromatic N) is 4.